The molecule has 6 nitrogen and oxygen atoms in total. The lowest BCUT2D eigenvalue weighted by molar-refractivity contribution is -0.137. The minimum Gasteiger partial charge on any atom is -0.494 e. The van der Waals surface area contributed by atoms with Crippen LogP contribution < -0.4 is 21.7 Å². The largest absolute Gasteiger partial charge is 0.494 e. The van der Waals surface area contributed by atoms with Gasteiger partial charge in [0.2, 0.25) is 0 Å². The summed E-state index contributed by atoms with van der Waals surface area (Å²) in [7, 11) is 1.22. The maximum absolute atomic E-state index is 15.3. The lowest BCUT2D eigenvalue weighted by Crippen LogP contribution is -2.46. The van der Waals surface area contributed by atoms with Crippen LogP contribution in [0.15, 0.2) is 70.3 Å². The van der Waals surface area contributed by atoms with Crippen LogP contribution in [0.5, 0.6) is 5.75 Å². The fraction of sp³-hybridized carbons (Fsp3) is 0.241. The number of hydrogen-bond donors (Lipinski definition) is 1. The zero-order valence-electron chi connectivity index (χ0n) is 21.9. The van der Waals surface area contributed by atoms with Crippen LogP contribution in [0, 0.1) is 24.4 Å². The van der Waals surface area contributed by atoms with E-state index < -0.39 is 65.1 Å². The minimum atomic E-state index is -4.58. The Morgan fingerprint density at radius 1 is 0.927 bits per heavy atom. The molecular weight excluding hydrogens is 552 g/mol. The Morgan fingerprint density at radius 2 is 1.56 bits per heavy atom. The van der Waals surface area contributed by atoms with Gasteiger partial charge in [0.05, 0.1) is 24.8 Å². The first-order chi connectivity index (χ1) is 19.3. The monoisotopic (exact) mass is 577 g/mol. The number of rotatable bonds is 8. The molecule has 0 fully saturated rings. The molecule has 41 heavy (non-hydrogen) atoms. The first-order valence-electron chi connectivity index (χ1n) is 12.3. The average Bonchev–Trinajstić information content (AvgIpc) is 2.91. The standard InChI is InChI=1S/C29H25F6N3O3/c1-16-25(20-8-4-11-24(41-2)26(20)32)27(39)38(28(40)37(16)15-21-22(30)9-5-10-23(21)31)14-19(36)13-17-6-3-7-18(12-17)29(33,34)35/h3-12,19H,13-15,36H2,1-2H3. The van der Waals surface area contributed by atoms with Crippen molar-refractivity contribution < 1.29 is 31.1 Å². The molecular formula is C29H25F6N3O3. The Labute approximate surface area is 230 Å². The van der Waals surface area contributed by atoms with Crippen molar-refractivity contribution in [1.29, 1.82) is 0 Å². The molecule has 0 aliphatic rings. The van der Waals surface area contributed by atoms with E-state index in [9.17, 15) is 31.5 Å². The lowest BCUT2D eigenvalue weighted by Gasteiger charge is -2.20. The number of hydrogen-bond acceptors (Lipinski definition) is 4. The zero-order chi connectivity index (χ0) is 30.1. The van der Waals surface area contributed by atoms with Gasteiger partial charge in [-0.2, -0.15) is 13.2 Å². The second kappa shape index (κ2) is 11.7. The maximum atomic E-state index is 15.3. The summed E-state index contributed by atoms with van der Waals surface area (Å²) in [6, 6.07) is 10.6. The first-order valence-corrected chi connectivity index (χ1v) is 12.3. The number of nitrogens with zero attached hydrogens (tertiary/aromatic N) is 2. The molecule has 0 saturated heterocycles. The predicted octanol–water partition coefficient (Wildman–Crippen LogP) is 5.05. The summed E-state index contributed by atoms with van der Waals surface area (Å²) in [5.41, 5.74) is 2.54. The third-order valence-corrected chi connectivity index (χ3v) is 6.69. The van der Waals surface area contributed by atoms with E-state index in [1.807, 2.05) is 0 Å². The molecule has 1 unspecified atom stereocenters. The van der Waals surface area contributed by atoms with Crippen molar-refractivity contribution in [3.63, 3.8) is 0 Å². The molecule has 1 aromatic heterocycles. The SMILES string of the molecule is COc1cccc(-c2c(C)n(Cc3c(F)cccc3F)c(=O)n(CC(N)Cc3cccc(C(F)(F)F)c3)c2=O)c1F. The van der Waals surface area contributed by atoms with Gasteiger partial charge in [0.1, 0.15) is 11.6 Å². The summed E-state index contributed by atoms with van der Waals surface area (Å²) < 4.78 is 90.5. The fourth-order valence-corrected chi connectivity index (χ4v) is 4.64. The highest BCUT2D eigenvalue weighted by molar-refractivity contribution is 5.67. The number of nitrogens with two attached hydrogens (primary N) is 1. The highest BCUT2D eigenvalue weighted by atomic mass is 19.4. The highest BCUT2D eigenvalue weighted by Crippen LogP contribution is 2.30. The van der Waals surface area contributed by atoms with Crippen LogP contribution in [-0.4, -0.2) is 22.3 Å². The number of halogens is 6. The summed E-state index contributed by atoms with van der Waals surface area (Å²) in [6.07, 6.45) is -4.73. The number of aromatic nitrogens is 2. The van der Waals surface area contributed by atoms with Gasteiger partial charge in [-0.15, -0.1) is 0 Å². The van der Waals surface area contributed by atoms with Crippen molar-refractivity contribution >= 4 is 0 Å². The molecule has 3 aromatic carbocycles. The van der Waals surface area contributed by atoms with Gasteiger partial charge >= 0.3 is 11.9 Å². The number of benzene rings is 3. The molecule has 2 N–H and O–H groups in total. The van der Waals surface area contributed by atoms with Crippen LogP contribution >= 0.6 is 0 Å². The summed E-state index contributed by atoms with van der Waals surface area (Å²) >= 11 is 0. The van der Waals surface area contributed by atoms with Gasteiger partial charge in [0.25, 0.3) is 5.56 Å². The highest BCUT2D eigenvalue weighted by Gasteiger charge is 2.30. The van der Waals surface area contributed by atoms with Crippen LogP contribution in [0.4, 0.5) is 26.3 Å². The molecule has 0 spiro atoms. The van der Waals surface area contributed by atoms with E-state index in [0.29, 0.717) is 4.57 Å². The van der Waals surface area contributed by atoms with Gasteiger partial charge in [-0.05, 0) is 43.2 Å². The third-order valence-electron chi connectivity index (χ3n) is 6.69. The quantitative estimate of drug-likeness (QED) is 0.298. The Balaban J connectivity index is 1.86. The van der Waals surface area contributed by atoms with E-state index in [4.69, 9.17) is 10.5 Å². The molecule has 1 heterocycles. The van der Waals surface area contributed by atoms with Crippen LogP contribution in [0.3, 0.4) is 0 Å². The van der Waals surface area contributed by atoms with Gasteiger partial charge in [0, 0.05) is 29.4 Å². The molecule has 0 saturated carbocycles. The van der Waals surface area contributed by atoms with E-state index in [1.54, 1.807) is 0 Å². The molecule has 12 heteroatoms. The molecule has 0 bridgehead atoms. The van der Waals surface area contributed by atoms with Gasteiger partial charge in [0.15, 0.2) is 11.6 Å². The summed E-state index contributed by atoms with van der Waals surface area (Å²) in [4.78, 5) is 27.2. The van der Waals surface area contributed by atoms with Crippen molar-refractivity contribution in [2.75, 3.05) is 7.11 Å². The van der Waals surface area contributed by atoms with E-state index in [0.717, 1.165) is 34.9 Å². The molecule has 0 aliphatic carbocycles. The predicted molar refractivity (Wildman–Crippen MR) is 140 cm³/mol. The first kappa shape index (κ1) is 29.7. The Kier molecular flexibility index (Phi) is 8.43. The normalized spacial score (nSPS) is 12.4. The van der Waals surface area contributed by atoms with Gasteiger partial charge in [-0.1, -0.05) is 36.4 Å². The second-order valence-corrected chi connectivity index (χ2v) is 9.43. The van der Waals surface area contributed by atoms with Crippen molar-refractivity contribution in [1.82, 2.24) is 9.13 Å². The molecule has 0 radical (unpaired) electrons. The summed E-state index contributed by atoms with van der Waals surface area (Å²) in [6.45, 7) is 0.222. The van der Waals surface area contributed by atoms with Crippen LogP contribution in [0.25, 0.3) is 11.1 Å². The van der Waals surface area contributed by atoms with Crippen LogP contribution in [-0.2, 0) is 25.7 Å². The Bertz CT molecular complexity index is 1690. The van der Waals surface area contributed by atoms with E-state index in [2.05, 4.69) is 0 Å². The summed E-state index contributed by atoms with van der Waals surface area (Å²) in [5.74, 6) is -2.97. The van der Waals surface area contributed by atoms with E-state index in [-0.39, 0.29) is 34.6 Å². The molecule has 4 rings (SSSR count). The smallest absolute Gasteiger partial charge is 0.416 e. The zero-order valence-corrected chi connectivity index (χ0v) is 21.9. The number of alkyl halides is 3. The van der Waals surface area contributed by atoms with Crippen molar-refractivity contribution in [2.24, 2.45) is 5.73 Å². The lowest BCUT2D eigenvalue weighted by atomic mass is 10.0. The maximum Gasteiger partial charge on any atom is 0.416 e. The topological polar surface area (TPSA) is 79.2 Å². The minimum absolute atomic E-state index is 0.0718. The summed E-state index contributed by atoms with van der Waals surface area (Å²) in [5, 5.41) is 0. The van der Waals surface area contributed by atoms with Gasteiger partial charge in [-0.3, -0.25) is 13.9 Å². The third kappa shape index (κ3) is 6.07. The Hall–Kier alpha value is -4.32. The van der Waals surface area contributed by atoms with Crippen LogP contribution in [0.2, 0.25) is 0 Å². The van der Waals surface area contributed by atoms with Crippen LogP contribution in [0.1, 0.15) is 22.4 Å². The molecule has 0 aliphatic heterocycles. The second-order valence-electron chi connectivity index (χ2n) is 9.43. The van der Waals surface area contributed by atoms with Gasteiger partial charge in [-0.25, -0.2) is 18.0 Å². The number of methoxy groups -OCH3 is 1. The van der Waals surface area contributed by atoms with E-state index in [1.165, 1.54) is 44.4 Å². The van der Waals surface area contributed by atoms with Crippen molar-refractivity contribution in [2.45, 2.75) is 38.7 Å². The molecule has 0 amide bonds. The molecule has 1 atom stereocenters. The van der Waals surface area contributed by atoms with E-state index >= 15 is 4.39 Å². The van der Waals surface area contributed by atoms with Gasteiger partial charge < -0.3 is 10.5 Å². The molecule has 216 valence electrons. The average molecular weight is 578 g/mol. The number of ether oxygens (including phenoxy) is 1. The fourth-order valence-electron chi connectivity index (χ4n) is 4.64. The van der Waals surface area contributed by atoms with Crippen molar-refractivity contribution in [3.05, 3.63) is 121 Å². The Morgan fingerprint density at radius 3 is 2.20 bits per heavy atom. The molecule has 4 aromatic rings. The van der Waals surface area contributed by atoms with Crippen molar-refractivity contribution in [3.8, 4) is 16.9 Å².